The minimum absolute atomic E-state index is 0.234. The van der Waals surface area contributed by atoms with Gasteiger partial charge in [-0.3, -0.25) is 9.59 Å². The average Bonchev–Trinajstić information content (AvgIpc) is 2.64. The number of carbonyl (C=O) groups is 2. The van der Waals surface area contributed by atoms with Crippen LogP contribution in [0.15, 0.2) is 5.38 Å². The quantitative estimate of drug-likeness (QED) is 0.717. The Bertz CT molecular complexity index is 387. The summed E-state index contributed by atoms with van der Waals surface area (Å²) in [6.07, 6.45) is 0.467. The van der Waals surface area contributed by atoms with Crippen molar-refractivity contribution in [3.8, 4) is 0 Å². The molecule has 0 spiro atoms. The van der Waals surface area contributed by atoms with Gasteiger partial charge < -0.3 is 16.4 Å². The summed E-state index contributed by atoms with van der Waals surface area (Å²) >= 11 is 1.47. The van der Waals surface area contributed by atoms with Crippen molar-refractivity contribution in [3.63, 3.8) is 0 Å². The lowest BCUT2D eigenvalue weighted by Gasteiger charge is -2.20. The van der Waals surface area contributed by atoms with E-state index in [4.69, 9.17) is 11.5 Å². The summed E-state index contributed by atoms with van der Waals surface area (Å²) < 4.78 is 0. The van der Waals surface area contributed by atoms with Gasteiger partial charge in [-0.25, -0.2) is 4.98 Å². The summed E-state index contributed by atoms with van der Waals surface area (Å²) in [5.74, 6) is -0.746. The summed E-state index contributed by atoms with van der Waals surface area (Å²) in [5.41, 5.74) is 11.1. The molecule has 1 heterocycles. The van der Waals surface area contributed by atoms with Crippen molar-refractivity contribution in [1.82, 2.24) is 4.98 Å². The van der Waals surface area contributed by atoms with Gasteiger partial charge in [0, 0.05) is 31.3 Å². The lowest BCUT2D eigenvalue weighted by atomic mass is 10.3. The first kappa shape index (κ1) is 13.4. The molecule has 0 aromatic carbocycles. The van der Waals surface area contributed by atoms with Crippen LogP contribution in [0.2, 0.25) is 0 Å². The van der Waals surface area contributed by atoms with Crippen LogP contribution in [-0.2, 0) is 9.59 Å². The van der Waals surface area contributed by atoms with Crippen molar-refractivity contribution < 1.29 is 9.59 Å². The molecule has 17 heavy (non-hydrogen) atoms. The number of thiazole rings is 1. The van der Waals surface area contributed by atoms with Gasteiger partial charge in [0.25, 0.3) is 0 Å². The summed E-state index contributed by atoms with van der Waals surface area (Å²) in [6, 6.07) is 0. The number of aromatic nitrogens is 1. The first-order valence-corrected chi connectivity index (χ1v) is 6.10. The van der Waals surface area contributed by atoms with E-state index in [2.05, 4.69) is 4.98 Å². The molecule has 94 valence electrons. The van der Waals surface area contributed by atoms with Gasteiger partial charge in [0.1, 0.15) is 0 Å². The van der Waals surface area contributed by atoms with Crippen LogP contribution < -0.4 is 16.4 Å². The molecule has 1 aromatic rings. The van der Waals surface area contributed by atoms with E-state index in [0.717, 1.165) is 10.8 Å². The van der Waals surface area contributed by atoms with Gasteiger partial charge in [-0.15, -0.1) is 11.3 Å². The van der Waals surface area contributed by atoms with Gasteiger partial charge in [-0.05, 0) is 6.92 Å². The van der Waals surface area contributed by atoms with Crippen LogP contribution in [0, 0.1) is 6.92 Å². The molecule has 0 unspecified atom stereocenters. The second-order valence-corrected chi connectivity index (χ2v) is 4.53. The van der Waals surface area contributed by atoms with E-state index in [1.165, 1.54) is 11.3 Å². The van der Waals surface area contributed by atoms with Crippen LogP contribution in [0.25, 0.3) is 0 Å². The highest BCUT2D eigenvalue weighted by Gasteiger charge is 2.12. The third-order valence-electron chi connectivity index (χ3n) is 2.13. The molecule has 4 N–H and O–H groups in total. The van der Waals surface area contributed by atoms with E-state index in [-0.39, 0.29) is 24.7 Å². The number of hydrogen-bond acceptors (Lipinski definition) is 5. The maximum atomic E-state index is 10.8. The topological polar surface area (TPSA) is 102 Å². The van der Waals surface area contributed by atoms with Crippen molar-refractivity contribution in [2.45, 2.75) is 19.8 Å². The van der Waals surface area contributed by atoms with Crippen LogP contribution in [0.1, 0.15) is 18.5 Å². The predicted octanol–water partition coefficient (Wildman–Crippen LogP) is 0.00872. The molecule has 0 saturated carbocycles. The summed E-state index contributed by atoms with van der Waals surface area (Å²) in [7, 11) is 0. The van der Waals surface area contributed by atoms with E-state index in [9.17, 15) is 9.59 Å². The third kappa shape index (κ3) is 4.81. The average molecular weight is 256 g/mol. The molecule has 1 aromatic heterocycles. The first-order valence-electron chi connectivity index (χ1n) is 5.22. The predicted molar refractivity (Wildman–Crippen MR) is 66.7 cm³/mol. The minimum Gasteiger partial charge on any atom is -0.370 e. The molecular weight excluding hydrogens is 240 g/mol. The number of anilines is 1. The molecule has 0 atom stereocenters. The Balaban J connectivity index is 2.64. The fourth-order valence-corrected chi connectivity index (χ4v) is 2.14. The number of aryl methyl sites for hydroxylation is 1. The van der Waals surface area contributed by atoms with Gasteiger partial charge >= 0.3 is 0 Å². The molecule has 0 fully saturated rings. The van der Waals surface area contributed by atoms with Gasteiger partial charge in [0.05, 0.1) is 5.69 Å². The van der Waals surface area contributed by atoms with Crippen LogP contribution in [0.5, 0.6) is 0 Å². The van der Waals surface area contributed by atoms with Crippen LogP contribution >= 0.6 is 11.3 Å². The van der Waals surface area contributed by atoms with Crippen molar-refractivity contribution in [3.05, 3.63) is 11.1 Å². The Labute approximate surface area is 104 Å². The summed E-state index contributed by atoms with van der Waals surface area (Å²) in [6.45, 7) is 2.80. The fourth-order valence-electron chi connectivity index (χ4n) is 1.28. The lowest BCUT2D eigenvalue weighted by molar-refractivity contribution is -0.118. The van der Waals surface area contributed by atoms with Gasteiger partial charge in [0.15, 0.2) is 5.13 Å². The summed E-state index contributed by atoms with van der Waals surface area (Å²) in [5, 5.41) is 2.70. The van der Waals surface area contributed by atoms with Crippen LogP contribution in [0.3, 0.4) is 0 Å². The molecular formula is C10H16N4O2S. The number of primary amides is 2. The molecule has 0 aliphatic carbocycles. The Hall–Kier alpha value is -1.63. The zero-order valence-corrected chi connectivity index (χ0v) is 10.5. The Morgan fingerprint density at radius 2 is 1.82 bits per heavy atom. The van der Waals surface area contributed by atoms with E-state index in [0.29, 0.717) is 13.1 Å². The van der Waals surface area contributed by atoms with E-state index < -0.39 is 0 Å². The third-order valence-corrected chi connectivity index (χ3v) is 3.15. The smallest absolute Gasteiger partial charge is 0.219 e. The maximum absolute atomic E-state index is 10.8. The zero-order chi connectivity index (χ0) is 12.8. The van der Waals surface area contributed by atoms with Crippen molar-refractivity contribution in [2.24, 2.45) is 11.5 Å². The standard InChI is InChI=1S/C10H16N4O2S/c1-7-6-17-10(13-7)14(4-2-8(11)15)5-3-9(12)16/h6H,2-5H2,1H3,(H2,11,15)(H2,12,16). The SMILES string of the molecule is Cc1csc(N(CCC(N)=O)CCC(N)=O)n1. The Morgan fingerprint density at radius 1 is 1.29 bits per heavy atom. The van der Waals surface area contributed by atoms with E-state index in [1.807, 2.05) is 17.2 Å². The molecule has 1 rings (SSSR count). The van der Waals surface area contributed by atoms with Crippen molar-refractivity contribution >= 4 is 28.3 Å². The molecule has 0 saturated heterocycles. The van der Waals surface area contributed by atoms with Crippen molar-refractivity contribution in [1.29, 1.82) is 0 Å². The molecule has 0 bridgehead atoms. The highest BCUT2D eigenvalue weighted by Crippen LogP contribution is 2.20. The number of amides is 2. The number of carbonyl (C=O) groups excluding carboxylic acids is 2. The number of hydrogen-bond donors (Lipinski definition) is 2. The second kappa shape index (κ2) is 6.19. The number of nitrogens with zero attached hydrogens (tertiary/aromatic N) is 2. The Kier molecular flexibility index (Phi) is 4.89. The lowest BCUT2D eigenvalue weighted by Crippen LogP contribution is -2.31. The monoisotopic (exact) mass is 256 g/mol. The van der Waals surface area contributed by atoms with Crippen LogP contribution in [-0.4, -0.2) is 29.9 Å². The van der Waals surface area contributed by atoms with Gasteiger partial charge in [-0.2, -0.15) is 0 Å². The highest BCUT2D eigenvalue weighted by molar-refractivity contribution is 7.13. The van der Waals surface area contributed by atoms with Gasteiger partial charge in [0.2, 0.25) is 11.8 Å². The molecule has 0 radical (unpaired) electrons. The van der Waals surface area contributed by atoms with E-state index in [1.54, 1.807) is 0 Å². The second-order valence-electron chi connectivity index (χ2n) is 3.69. The fraction of sp³-hybridized carbons (Fsp3) is 0.500. The largest absolute Gasteiger partial charge is 0.370 e. The molecule has 0 aliphatic rings. The van der Waals surface area contributed by atoms with Gasteiger partial charge in [-0.1, -0.05) is 0 Å². The molecule has 7 heteroatoms. The first-order chi connectivity index (χ1) is 7.99. The number of nitrogens with two attached hydrogens (primary N) is 2. The van der Waals surface area contributed by atoms with Crippen molar-refractivity contribution in [2.75, 3.05) is 18.0 Å². The van der Waals surface area contributed by atoms with E-state index >= 15 is 0 Å². The zero-order valence-electron chi connectivity index (χ0n) is 9.68. The highest BCUT2D eigenvalue weighted by atomic mass is 32.1. The van der Waals surface area contributed by atoms with Crippen LogP contribution in [0.4, 0.5) is 5.13 Å². The maximum Gasteiger partial charge on any atom is 0.219 e. The minimum atomic E-state index is -0.373. The molecule has 0 aliphatic heterocycles. The molecule has 6 nitrogen and oxygen atoms in total. The summed E-state index contributed by atoms with van der Waals surface area (Å²) in [4.78, 5) is 27.7. The Morgan fingerprint density at radius 3 is 2.18 bits per heavy atom. The normalized spacial score (nSPS) is 10.2. The molecule has 2 amide bonds. The number of rotatable bonds is 7.